The van der Waals surface area contributed by atoms with Crippen molar-refractivity contribution in [3.8, 4) is 22.7 Å². The molecule has 3 heterocycles. The zero-order valence-electron chi connectivity index (χ0n) is 24.8. The number of nitrogens with zero attached hydrogens (tertiary/aromatic N) is 2. The Kier molecular flexibility index (Phi) is 6.73. The molecular weight excluding hydrogens is 516 g/mol. The van der Waals surface area contributed by atoms with Crippen LogP contribution >= 0.6 is 0 Å². The standard InChI is InChI=1S/C38H38N2O2/c1-37(2,32-20-14-18-30(39-32)26-15-8-7-9-16-26)33-25-41-36(40-33)28-21-22-29(38(3)23-12-5-4-6-13-24-38)35-34(28)27-17-10-11-19-31(27)42-35/h7-11,14-22,25H,4-6,12-13,23-24H2,1-3H3. The van der Waals surface area contributed by atoms with Gasteiger partial charge in [-0.15, -0.1) is 0 Å². The van der Waals surface area contributed by atoms with Gasteiger partial charge in [-0.25, -0.2) is 4.98 Å². The van der Waals surface area contributed by atoms with Gasteiger partial charge in [0.05, 0.1) is 22.5 Å². The van der Waals surface area contributed by atoms with Crippen molar-refractivity contribution >= 4 is 21.9 Å². The maximum absolute atomic E-state index is 6.66. The minimum atomic E-state index is -0.448. The molecule has 4 heteroatoms. The molecule has 0 spiro atoms. The molecule has 1 aliphatic carbocycles. The van der Waals surface area contributed by atoms with E-state index in [2.05, 4.69) is 81.4 Å². The molecule has 1 fully saturated rings. The summed E-state index contributed by atoms with van der Waals surface area (Å²) in [5.41, 5.74) is 7.67. The van der Waals surface area contributed by atoms with Crippen molar-refractivity contribution in [2.24, 2.45) is 0 Å². The predicted molar refractivity (Wildman–Crippen MR) is 171 cm³/mol. The Hall–Kier alpha value is -4.18. The fraction of sp³-hybridized carbons (Fsp3) is 0.316. The number of hydrogen-bond acceptors (Lipinski definition) is 4. The number of furan rings is 1. The van der Waals surface area contributed by atoms with E-state index in [0.29, 0.717) is 5.89 Å². The lowest BCUT2D eigenvalue weighted by molar-refractivity contribution is 0.340. The number of rotatable bonds is 5. The Morgan fingerprint density at radius 3 is 2.26 bits per heavy atom. The van der Waals surface area contributed by atoms with Gasteiger partial charge in [0.25, 0.3) is 0 Å². The lowest BCUT2D eigenvalue weighted by atomic mass is 9.72. The SMILES string of the molecule is CC1(c2ccc(-c3nc(C(C)(C)c4cccc(-c5ccccc5)n4)co3)c3c2oc2ccccc23)CCCCCCC1. The van der Waals surface area contributed by atoms with Crippen LogP contribution in [0.15, 0.2) is 100 Å². The summed E-state index contributed by atoms with van der Waals surface area (Å²) in [7, 11) is 0. The van der Waals surface area contributed by atoms with Crippen LogP contribution in [-0.4, -0.2) is 9.97 Å². The molecule has 0 radical (unpaired) electrons. The number of aromatic nitrogens is 2. The van der Waals surface area contributed by atoms with E-state index >= 15 is 0 Å². The van der Waals surface area contributed by atoms with Gasteiger partial charge < -0.3 is 8.83 Å². The van der Waals surface area contributed by atoms with Gasteiger partial charge in [-0.1, -0.05) is 99.7 Å². The molecule has 212 valence electrons. The van der Waals surface area contributed by atoms with Gasteiger partial charge in [0.2, 0.25) is 5.89 Å². The molecule has 6 aromatic rings. The summed E-state index contributed by atoms with van der Waals surface area (Å²) in [6.45, 7) is 6.75. The van der Waals surface area contributed by atoms with Crippen LogP contribution in [0.4, 0.5) is 0 Å². The van der Waals surface area contributed by atoms with Crippen molar-refractivity contribution in [2.75, 3.05) is 0 Å². The molecule has 1 saturated carbocycles. The molecule has 0 bridgehead atoms. The van der Waals surface area contributed by atoms with Gasteiger partial charge in [0, 0.05) is 27.5 Å². The molecule has 0 saturated heterocycles. The molecule has 7 rings (SSSR count). The molecule has 1 aliphatic rings. The number of pyridine rings is 1. The fourth-order valence-corrected chi connectivity index (χ4v) is 6.80. The zero-order chi connectivity index (χ0) is 28.7. The summed E-state index contributed by atoms with van der Waals surface area (Å²) in [4.78, 5) is 10.2. The smallest absolute Gasteiger partial charge is 0.226 e. The predicted octanol–water partition coefficient (Wildman–Crippen LogP) is 10.6. The van der Waals surface area contributed by atoms with E-state index < -0.39 is 5.41 Å². The van der Waals surface area contributed by atoms with E-state index in [1.807, 2.05) is 24.3 Å². The highest BCUT2D eigenvalue weighted by Crippen LogP contribution is 2.46. The van der Waals surface area contributed by atoms with Gasteiger partial charge in [0.15, 0.2) is 0 Å². The second-order valence-corrected chi connectivity index (χ2v) is 12.7. The maximum atomic E-state index is 6.66. The van der Waals surface area contributed by atoms with Crippen molar-refractivity contribution in [1.29, 1.82) is 0 Å². The summed E-state index contributed by atoms with van der Waals surface area (Å²) in [6, 6.07) is 29.3. The van der Waals surface area contributed by atoms with Crippen molar-refractivity contribution in [1.82, 2.24) is 9.97 Å². The lowest BCUT2D eigenvalue weighted by Gasteiger charge is -2.32. The average molecular weight is 555 g/mol. The normalized spacial score (nSPS) is 16.0. The Balaban J connectivity index is 1.32. The fourth-order valence-electron chi connectivity index (χ4n) is 6.80. The third kappa shape index (κ3) is 4.63. The highest BCUT2D eigenvalue weighted by atomic mass is 16.3. The first kappa shape index (κ1) is 26.7. The molecule has 0 unspecified atom stereocenters. The first-order valence-electron chi connectivity index (χ1n) is 15.4. The van der Waals surface area contributed by atoms with Crippen LogP contribution in [0.3, 0.4) is 0 Å². The van der Waals surface area contributed by atoms with Crippen molar-refractivity contribution < 1.29 is 8.83 Å². The zero-order valence-corrected chi connectivity index (χ0v) is 24.8. The van der Waals surface area contributed by atoms with E-state index in [9.17, 15) is 0 Å². The number of para-hydroxylation sites is 1. The monoisotopic (exact) mass is 554 g/mol. The Morgan fingerprint density at radius 2 is 1.45 bits per heavy atom. The minimum absolute atomic E-state index is 0.0876. The second-order valence-electron chi connectivity index (χ2n) is 12.7. The van der Waals surface area contributed by atoms with Gasteiger partial charge in [-0.2, -0.15) is 0 Å². The first-order chi connectivity index (χ1) is 20.4. The summed E-state index contributed by atoms with van der Waals surface area (Å²) < 4.78 is 12.9. The Morgan fingerprint density at radius 1 is 0.714 bits per heavy atom. The summed E-state index contributed by atoms with van der Waals surface area (Å²) >= 11 is 0. The van der Waals surface area contributed by atoms with E-state index in [1.165, 1.54) is 50.5 Å². The molecule has 3 aromatic heterocycles. The average Bonchev–Trinajstić information content (AvgIpc) is 3.66. The van der Waals surface area contributed by atoms with Crippen LogP contribution in [0.25, 0.3) is 44.7 Å². The van der Waals surface area contributed by atoms with E-state index in [4.69, 9.17) is 18.8 Å². The molecule has 3 aromatic carbocycles. The highest BCUT2D eigenvalue weighted by molar-refractivity contribution is 6.12. The van der Waals surface area contributed by atoms with Crippen LogP contribution < -0.4 is 0 Å². The van der Waals surface area contributed by atoms with Crippen LogP contribution in [-0.2, 0) is 10.8 Å². The number of oxazole rings is 1. The second kappa shape index (κ2) is 10.6. The highest BCUT2D eigenvalue weighted by Gasteiger charge is 2.33. The van der Waals surface area contributed by atoms with Crippen LogP contribution in [0.2, 0.25) is 0 Å². The molecule has 0 aliphatic heterocycles. The topological polar surface area (TPSA) is 52.1 Å². The molecule has 42 heavy (non-hydrogen) atoms. The number of benzene rings is 3. The Labute approximate surface area is 247 Å². The van der Waals surface area contributed by atoms with Crippen LogP contribution in [0.5, 0.6) is 0 Å². The first-order valence-corrected chi connectivity index (χ1v) is 15.4. The molecule has 4 nitrogen and oxygen atoms in total. The quantitative estimate of drug-likeness (QED) is 0.213. The van der Waals surface area contributed by atoms with Gasteiger partial charge >= 0.3 is 0 Å². The lowest BCUT2D eigenvalue weighted by Crippen LogP contribution is -2.23. The van der Waals surface area contributed by atoms with E-state index in [1.54, 1.807) is 6.26 Å². The minimum Gasteiger partial charge on any atom is -0.456 e. The van der Waals surface area contributed by atoms with Crippen LogP contribution in [0.1, 0.15) is 82.7 Å². The van der Waals surface area contributed by atoms with Gasteiger partial charge in [-0.3, -0.25) is 4.98 Å². The van der Waals surface area contributed by atoms with Gasteiger partial charge in [-0.05, 0) is 56.4 Å². The number of hydrogen-bond donors (Lipinski definition) is 0. The van der Waals surface area contributed by atoms with Gasteiger partial charge in [0.1, 0.15) is 17.4 Å². The van der Waals surface area contributed by atoms with Crippen molar-refractivity contribution in [2.45, 2.75) is 76.5 Å². The molecule has 0 amide bonds. The third-order valence-electron chi connectivity index (χ3n) is 9.47. The van der Waals surface area contributed by atoms with Crippen molar-refractivity contribution in [3.05, 3.63) is 108 Å². The van der Waals surface area contributed by atoms with E-state index in [0.717, 1.165) is 50.1 Å². The maximum Gasteiger partial charge on any atom is 0.226 e. The van der Waals surface area contributed by atoms with Crippen molar-refractivity contribution in [3.63, 3.8) is 0 Å². The summed E-state index contributed by atoms with van der Waals surface area (Å²) in [5, 5.41) is 2.21. The van der Waals surface area contributed by atoms with Crippen LogP contribution in [0, 0.1) is 0 Å². The largest absolute Gasteiger partial charge is 0.456 e. The third-order valence-corrected chi connectivity index (χ3v) is 9.47. The van der Waals surface area contributed by atoms with E-state index in [-0.39, 0.29) is 5.41 Å². The molecule has 0 atom stereocenters. The molecular formula is C38H38N2O2. The molecule has 0 N–H and O–H groups in total. The summed E-state index contributed by atoms with van der Waals surface area (Å²) in [6.07, 6.45) is 10.7. The summed E-state index contributed by atoms with van der Waals surface area (Å²) in [5.74, 6) is 0.614. The Bertz CT molecular complexity index is 1850. The number of fused-ring (bicyclic) bond motifs is 3.